The van der Waals surface area contributed by atoms with Crippen molar-refractivity contribution in [1.29, 1.82) is 0 Å². The van der Waals surface area contributed by atoms with Crippen molar-refractivity contribution in [2.24, 2.45) is 11.8 Å². The van der Waals surface area contributed by atoms with Gasteiger partial charge >= 0.3 is 27.6 Å². The van der Waals surface area contributed by atoms with Gasteiger partial charge in [-0.25, -0.2) is 9.13 Å². The van der Waals surface area contributed by atoms with E-state index in [1.807, 2.05) is 0 Å². The molecule has 0 spiro atoms. The van der Waals surface area contributed by atoms with E-state index in [2.05, 4.69) is 36.7 Å². The van der Waals surface area contributed by atoms with E-state index in [4.69, 9.17) is 23.8 Å². The van der Waals surface area contributed by atoms with E-state index in [-0.39, 0.29) is 19.4 Å². The van der Waals surface area contributed by atoms with Gasteiger partial charge in [0.15, 0.2) is 6.10 Å². The Hall–Kier alpha value is -0.880. The average molecular weight is 719 g/mol. The van der Waals surface area contributed by atoms with Crippen LogP contribution in [0.4, 0.5) is 0 Å². The molecule has 13 nitrogen and oxygen atoms in total. The lowest BCUT2D eigenvalue weighted by molar-refractivity contribution is -0.161. The van der Waals surface area contributed by atoms with Crippen LogP contribution in [0.5, 0.6) is 0 Å². The van der Waals surface area contributed by atoms with E-state index in [1.54, 1.807) is 0 Å². The molecular weight excluding hydrogens is 654 g/mol. The van der Waals surface area contributed by atoms with Gasteiger partial charge < -0.3 is 29.3 Å². The third-order valence-electron chi connectivity index (χ3n) is 7.70. The first-order valence-corrected chi connectivity index (χ1v) is 20.5. The summed E-state index contributed by atoms with van der Waals surface area (Å²) in [5, 5.41) is 9.68. The number of carbonyl (C=O) groups excluding carboxylic acids is 2. The van der Waals surface area contributed by atoms with Crippen LogP contribution in [0.3, 0.4) is 0 Å². The zero-order valence-corrected chi connectivity index (χ0v) is 31.0. The molecule has 47 heavy (non-hydrogen) atoms. The van der Waals surface area contributed by atoms with Gasteiger partial charge in [-0.3, -0.25) is 23.2 Å². The fraction of sp³-hybridized carbons (Fsp3) is 0.938. The molecule has 0 amide bonds. The van der Waals surface area contributed by atoms with Crippen LogP contribution in [0.1, 0.15) is 143 Å². The lowest BCUT2D eigenvalue weighted by Gasteiger charge is -2.20. The highest BCUT2D eigenvalue weighted by atomic mass is 31.2. The van der Waals surface area contributed by atoms with Gasteiger partial charge in [-0.2, -0.15) is 0 Å². The number of rotatable bonds is 32. The Morgan fingerprint density at radius 2 is 1.09 bits per heavy atom. The first-order chi connectivity index (χ1) is 22.1. The summed E-state index contributed by atoms with van der Waals surface area (Å²) < 4.78 is 47.4. The molecule has 4 atom stereocenters. The second kappa shape index (κ2) is 27.9. The maximum atomic E-state index is 12.5. The monoisotopic (exact) mass is 718 g/mol. The maximum absolute atomic E-state index is 12.5. The Morgan fingerprint density at radius 3 is 1.62 bits per heavy atom. The molecule has 0 aromatic carbocycles. The summed E-state index contributed by atoms with van der Waals surface area (Å²) in [6.45, 7) is 6.22. The highest BCUT2D eigenvalue weighted by Gasteiger charge is 2.28. The van der Waals surface area contributed by atoms with E-state index < -0.39 is 59.6 Å². The van der Waals surface area contributed by atoms with Crippen LogP contribution >= 0.6 is 15.6 Å². The minimum atomic E-state index is -4.85. The second-order valence-corrected chi connectivity index (χ2v) is 15.6. The van der Waals surface area contributed by atoms with Crippen LogP contribution in [-0.2, 0) is 41.8 Å². The van der Waals surface area contributed by atoms with Crippen LogP contribution in [0.2, 0.25) is 0 Å². The van der Waals surface area contributed by atoms with Crippen molar-refractivity contribution in [3.8, 4) is 0 Å². The molecule has 0 aromatic rings. The van der Waals surface area contributed by atoms with Gasteiger partial charge in [-0.1, -0.05) is 118 Å². The van der Waals surface area contributed by atoms with Gasteiger partial charge in [0.1, 0.15) is 12.7 Å². The van der Waals surface area contributed by atoms with Crippen molar-refractivity contribution in [1.82, 2.24) is 0 Å². The van der Waals surface area contributed by atoms with E-state index in [0.29, 0.717) is 12.8 Å². The standard InChI is InChI=1S/C32H64O13P2/c1-5-28(4)20-16-12-9-10-14-18-22-32(35)45-30(26-44-47(39,40)43-24-29(33)23-42-46(36,37)38)25-41-31(34)21-17-13-8-6-7-11-15-19-27(2)3/h27-30,33H,5-26H2,1-4H3,(H,39,40)(H2,36,37,38)/t28?,29-,30+/m0/s1. The number of carbonyl (C=O) groups is 2. The molecule has 0 bridgehead atoms. The number of esters is 2. The molecule has 0 aromatic heterocycles. The summed E-state index contributed by atoms with van der Waals surface area (Å²) in [5.74, 6) is 0.435. The van der Waals surface area contributed by atoms with Gasteiger partial charge in [0.05, 0.1) is 19.8 Å². The molecule has 2 unspecified atom stereocenters. The fourth-order valence-electron chi connectivity index (χ4n) is 4.62. The number of hydrogen-bond donors (Lipinski definition) is 4. The number of unbranched alkanes of at least 4 members (excludes halogenated alkanes) is 11. The topological polar surface area (TPSA) is 195 Å². The highest BCUT2D eigenvalue weighted by Crippen LogP contribution is 2.43. The number of ether oxygens (including phenoxy) is 2. The number of phosphoric acid groups is 2. The van der Waals surface area contributed by atoms with Crippen LogP contribution < -0.4 is 0 Å². The normalized spacial score (nSPS) is 15.3. The minimum absolute atomic E-state index is 0.133. The predicted octanol–water partition coefficient (Wildman–Crippen LogP) is 7.38. The third kappa shape index (κ3) is 32.1. The van der Waals surface area contributed by atoms with Crippen LogP contribution in [-0.4, -0.2) is 70.4 Å². The molecule has 280 valence electrons. The molecule has 15 heteroatoms. The first kappa shape index (κ1) is 46.1. The Morgan fingerprint density at radius 1 is 0.617 bits per heavy atom. The largest absolute Gasteiger partial charge is 0.472 e. The summed E-state index contributed by atoms with van der Waals surface area (Å²) in [5.41, 5.74) is 0. The quantitative estimate of drug-likeness (QED) is 0.0306. The van der Waals surface area contributed by atoms with Gasteiger partial charge in [0, 0.05) is 12.8 Å². The SMILES string of the molecule is CCC(C)CCCCCCCCC(=O)O[C@H](COC(=O)CCCCCCCCCC(C)C)COP(=O)(O)OC[C@@H](O)COP(=O)(O)O. The molecule has 0 aliphatic carbocycles. The van der Waals surface area contributed by atoms with Crippen molar-refractivity contribution in [2.45, 2.75) is 155 Å². The van der Waals surface area contributed by atoms with Gasteiger partial charge in [0.25, 0.3) is 0 Å². The highest BCUT2D eigenvalue weighted by molar-refractivity contribution is 7.47. The van der Waals surface area contributed by atoms with E-state index >= 15 is 0 Å². The molecule has 0 aliphatic rings. The zero-order chi connectivity index (χ0) is 35.6. The molecule has 0 heterocycles. The average Bonchev–Trinajstić information content (AvgIpc) is 3.00. The Bertz CT molecular complexity index is 896. The number of aliphatic hydroxyl groups is 1. The lowest BCUT2D eigenvalue weighted by Crippen LogP contribution is -2.30. The maximum Gasteiger partial charge on any atom is 0.472 e. The molecule has 0 aliphatic heterocycles. The summed E-state index contributed by atoms with van der Waals surface area (Å²) in [6, 6.07) is 0. The fourth-order valence-corrected chi connectivity index (χ4v) is 5.78. The Labute approximate surface area is 282 Å². The van der Waals surface area contributed by atoms with E-state index in [9.17, 15) is 28.7 Å². The summed E-state index contributed by atoms with van der Waals surface area (Å²) >= 11 is 0. The molecule has 0 radical (unpaired) electrons. The summed E-state index contributed by atoms with van der Waals surface area (Å²) in [6.07, 6.45) is 14.5. The van der Waals surface area contributed by atoms with Gasteiger partial charge in [0.2, 0.25) is 0 Å². The molecule has 0 saturated carbocycles. The van der Waals surface area contributed by atoms with Crippen LogP contribution in [0.15, 0.2) is 0 Å². The van der Waals surface area contributed by atoms with Gasteiger partial charge in [-0.15, -0.1) is 0 Å². The van der Waals surface area contributed by atoms with Crippen molar-refractivity contribution in [3.63, 3.8) is 0 Å². The lowest BCUT2D eigenvalue weighted by atomic mass is 10.00. The molecular formula is C32H64O13P2. The number of phosphoric ester groups is 2. The Kier molecular flexibility index (Phi) is 27.4. The van der Waals surface area contributed by atoms with Crippen molar-refractivity contribution >= 4 is 27.6 Å². The van der Waals surface area contributed by atoms with Crippen molar-refractivity contribution in [2.75, 3.05) is 26.4 Å². The third-order valence-corrected chi connectivity index (χ3v) is 9.14. The van der Waals surface area contributed by atoms with Crippen molar-refractivity contribution < 1.29 is 61.6 Å². The zero-order valence-electron chi connectivity index (χ0n) is 29.2. The van der Waals surface area contributed by atoms with Crippen molar-refractivity contribution in [3.05, 3.63) is 0 Å². The second-order valence-electron chi connectivity index (χ2n) is 12.9. The van der Waals surface area contributed by atoms with Crippen LogP contribution in [0, 0.1) is 11.8 Å². The molecule has 0 saturated heterocycles. The van der Waals surface area contributed by atoms with Crippen LogP contribution in [0.25, 0.3) is 0 Å². The molecule has 0 fully saturated rings. The van der Waals surface area contributed by atoms with E-state index in [1.165, 1.54) is 44.9 Å². The number of hydrogen-bond acceptors (Lipinski definition) is 10. The summed E-state index contributed by atoms with van der Waals surface area (Å²) in [4.78, 5) is 52.2. The van der Waals surface area contributed by atoms with Gasteiger partial charge in [-0.05, 0) is 24.7 Å². The molecule has 0 rings (SSSR count). The minimum Gasteiger partial charge on any atom is -0.462 e. The first-order valence-electron chi connectivity index (χ1n) is 17.5. The smallest absolute Gasteiger partial charge is 0.462 e. The van der Waals surface area contributed by atoms with E-state index in [0.717, 1.165) is 56.8 Å². The Balaban J connectivity index is 4.65. The molecule has 4 N–H and O–H groups in total. The number of aliphatic hydroxyl groups excluding tert-OH is 1. The predicted molar refractivity (Wildman–Crippen MR) is 179 cm³/mol. The summed E-state index contributed by atoms with van der Waals surface area (Å²) in [7, 11) is -9.64.